The van der Waals surface area contributed by atoms with Crippen LogP contribution in [0.4, 0.5) is 0 Å². The van der Waals surface area contributed by atoms with Crippen molar-refractivity contribution in [2.45, 2.75) is 42.0 Å². The fourth-order valence-electron chi connectivity index (χ4n) is 5.14. The van der Waals surface area contributed by atoms with E-state index in [0.29, 0.717) is 0 Å². The maximum absolute atomic E-state index is 12.3. The molecule has 3 aromatic rings. The fraction of sp³-hybridized carbons (Fsp3) is 0.346. The van der Waals surface area contributed by atoms with Gasteiger partial charge in [0.05, 0.1) is 0 Å². The lowest BCUT2D eigenvalue weighted by Crippen LogP contribution is -2.49. The standard InChI is InChI=1S/C26H28ClN3O3S/c27-21-6-4-20(5-7-21)26(11-2-12-26)25-24-9-8-22(17-19(24)10-14-29-25)33-16-15-30-34(31,32)23-3-1-13-28-18-23/h1,3-9,13,17-18,25,29-30H,2,10-12,14-16H2. The maximum atomic E-state index is 12.3. The molecule has 178 valence electrons. The molecular weight excluding hydrogens is 470 g/mol. The van der Waals surface area contributed by atoms with Crippen molar-refractivity contribution in [3.63, 3.8) is 0 Å². The van der Waals surface area contributed by atoms with Gasteiger partial charge in [0.2, 0.25) is 10.0 Å². The molecule has 0 amide bonds. The topological polar surface area (TPSA) is 80.3 Å². The van der Waals surface area contributed by atoms with Crippen LogP contribution < -0.4 is 14.8 Å². The number of halogens is 1. The van der Waals surface area contributed by atoms with Crippen LogP contribution in [-0.4, -0.2) is 33.1 Å². The first kappa shape index (κ1) is 23.3. The highest BCUT2D eigenvalue weighted by Crippen LogP contribution is 2.53. The number of benzene rings is 2. The molecule has 5 rings (SSSR count). The Balaban J connectivity index is 1.26. The van der Waals surface area contributed by atoms with Gasteiger partial charge in [-0.3, -0.25) is 4.98 Å². The fourth-order valence-corrected chi connectivity index (χ4v) is 6.24. The summed E-state index contributed by atoms with van der Waals surface area (Å²) in [7, 11) is -3.59. The van der Waals surface area contributed by atoms with Crippen molar-refractivity contribution in [1.29, 1.82) is 0 Å². The molecule has 2 aliphatic rings. The number of sulfonamides is 1. The van der Waals surface area contributed by atoms with E-state index in [1.54, 1.807) is 12.3 Å². The van der Waals surface area contributed by atoms with E-state index in [2.05, 4.69) is 39.3 Å². The van der Waals surface area contributed by atoms with E-state index in [9.17, 15) is 8.42 Å². The number of nitrogens with one attached hydrogen (secondary N) is 2. The van der Waals surface area contributed by atoms with Crippen molar-refractivity contribution in [2.24, 2.45) is 0 Å². The van der Waals surface area contributed by atoms with Crippen LogP contribution in [0.1, 0.15) is 42.0 Å². The molecule has 1 fully saturated rings. The van der Waals surface area contributed by atoms with Gasteiger partial charge in [-0.2, -0.15) is 0 Å². The zero-order chi connectivity index (χ0) is 23.6. The Morgan fingerprint density at radius 2 is 1.97 bits per heavy atom. The summed E-state index contributed by atoms with van der Waals surface area (Å²) >= 11 is 6.15. The predicted octanol–water partition coefficient (Wildman–Crippen LogP) is 4.40. The van der Waals surface area contributed by atoms with Gasteiger partial charge in [-0.15, -0.1) is 0 Å². The first-order valence-corrected chi connectivity index (χ1v) is 13.5. The average molecular weight is 498 g/mol. The van der Waals surface area contributed by atoms with Gasteiger partial charge in [0.1, 0.15) is 17.3 Å². The minimum Gasteiger partial charge on any atom is -0.492 e. The Labute approximate surface area is 205 Å². The second-order valence-electron chi connectivity index (χ2n) is 8.95. The first-order valence-electron chi connectivity index (χ1n) is 11.6. The molecule has 1 unspecified atom stereocenters. The van der Waals surface area contributed by atoms with Crippen LogP contribution in [0.5, 0.6) is 5.75 Å². The van der Waals surface area contributed by atoms with Crippen molar-refractivity contribution < 1.29 is 13.2 Å². The van der Waals surface area contributed by atoms with Crippen molar-refractivity contribution in [2.75, 3.05) is 19.7 Å². The molecule has 1 atom stereocenters. The lowest BCUT2D eigenvalue weighted by Gasteiger charge is -2.50. The number of ether oxygens (including phenoxy) is 1. The Hall–Kier alpha value is -2.45. The number of hydrogen-bond donors (Lipinski definition) is 2. The number of rotatable bonds is 8. The summed E-state index contributed by atoms with van der Waals surface area (Å²) in [6.45, 7) is 1.34. The van der Waals surface area contributed by atoms with Crippen molar-refractivity contribution in [3.05, 3.63) is 88.7 Å². The molecule has 1 saturated carbocycles. The van der Waals surface area contributed by atoms with Gasteiger partial charge < -0.3 is 10.1 Å². The van der Waals surface area contributed by atoms with Gasteiger partial charge in [-0.1, -0.05) is 36.2 Å². The summed E-state index contributed by atoms with van der Waals surface area (Å²) < 4.78 is 33.1. The molecule has 1 aromatic heterocycles. The summed E-state index contributed by atoms with van der Waals surface area (Å²) in [6, 6.07) is 17.9. The van der Waals surface area contributed by atoms with Gasteiger partial charge in [0, 0.05) is 35.4 Å². The van der Waals surface area contributed by atoms with Crippen LogP contribution in [0.2, 0.25) is 5.02 Å². The van der Waals surface area contributed by atoms with Crippen LogP contribution in [0, 0.1) is 0 Å². The van der Waals surface area contributed by atoms with E-state index in [1.807, 2.05) is 18.2 Å². The Morgan fingerprint density at radius 1 is 1.15 bits per heavy atom. The molecule has 1 aliphatic heterocycles. The SMILES string of the molecule is O=S(=O)(NCCOc1ccc2c(c1)CCNC2C1(c2ccc(Cl)cc2)CCC1)c1cccnc1. The average Bonchev–Trinajstić information content (AvgIpc) is 2.83. The number of aromatic nitrogens is 1. The number of hydrogen-bond acceptors (Lipinski definition) is 5. The molecule has 0 radical (unpaired) electrons. The minimum atomic E-state index is -3.59. The van der Waals surface area contributed by atoms with Gasteiger partial charge in [-0.05, 0) is 78.9 Å². The van der Waals surface area contributed by atoms with E-state index < -0.39 is 10.0 Å². The third-order valence-electron chi connectivity index (χ3n) is 6.99. The predicted molar refractivity (Wildman–Crippen MR) is 133 cm³/mol. The van der Waals surface area contributed by atoms with Gasteiger partial charge in [0.25, 0.3) is 0 Å². The number of nitrogens with zero attached hydrogens (tertiary/aromatic N) is 1. The quantitative estimate of drug-likeness (QED) is 0.451. The smallest absolute Gasteiger partial charge is 0.242 e. The zero-order valence-corrected chi connectivity index (χ0v) is 20.4. The largest absolute Gasteiger partial charge is 0.492 e. The first-order chi connectivity index (χ1) is 16.5. The normalized spacial score (nSPS) is 19.1. The molecule has 2 aromatic carbocycles. The second-order valence-corrected chi connectivity index (χ2v) is 11.2. The van der Waals surface area contributed by atoms with Crippen LogP contribution in [0.3, 0.4) is 0 Å². The van der Waals surface area contributed by atoms with Crippen molar-refractivity contribution >= 4 is 21.6 Å². The summed E-state index contributed by atoms with van der Waals surface area (Å²) in [5.74, 6) is 0.758. The van der Waals surface area contributed by atoms with Gasteiger partial charge in [0.15, 0.2) is 0 Å². The van der Waals surface area contributed by atoms with Gasteiger partial charge >= 0.3 is 0 Å². The van der Waals surface area contributed by atoms with E-state index in [0.717, 1.165) is 36.6 Å². The van der Waals surface area contributed by atoms with Crippen LogP contribution in [0.25, 0.3) is 0 Å². The highest BCUT2D eigenvalue weighted by molar-refractivity contribution is 7.89. The molecule has 0 spiro atoms. The third-order valence-corrected chi connectivity index (χ3v) is 8.69. The Morgan fingerprint density at radius 3 is 2.68 bits per heavy atom. The van der Waals surface area contributed by atoms with Crippen LogP contribution in [-0.2, 0) is 21.9 Å². The molecule has 8 heteroatoms. The Bertz CT molecular complexity index is 1250. The van der Waals surface area contributed by atoms with E-state index in [-0.39, 0.29) is 29.5 Å². The lowest BCUT2D eigenvalue weighted by molar-refractivity contribution is 0.164. The molecule has 6 nitrogen and oxygen atoms in total. The van der Waals surface area contributed by atoms with Crippen molar-refractivity contribution in [1.82, 2.24) is 15.0 Å². The van der Waals surface area contributed by atoms with Crippen molar-refractivity contribution in [3.8, 4) is 5.75 Å². The molecule has 2 N–H and O–H groups in total. The van der Waals surface area contributed by atoms with E-state index in [4.69, 9.17) is 16.3 Å². The van der Waals surface area contributed by atoms with Crippen LogP contribution in [0.15, 0.2) is 71.9 Å². The zero-order valence-electron chi connectivity index (χ0n) is 18.8. The lowest BCUT2D eigenvalue weighted by atomic mass is 9.58. The second kappa shape index (κ2) is 9.66. The highest BCUT2D eigenvalue weighted by Gasteiger charge is 2.47. The monoisotopic (exact) mass is 497 g/mol. The molecule has 1 aliphatic carbocycles. The maximum Gasteiger partial charge on any atom is 0.242 e. The van der Waals surface area contributed by atoms with Gasteiger partial charge in [-0.25, -0.2) is 13.1 Å². The number of pyridine rings is 1. The highest BCUT2D eigenvalue weighted by atomic mass is 35.5. The molecular formula is C26H28ClN3O3S. The molecule has 34 heavy (non-hydrogen) atoms. The molecule has 0 bridgehead atoms. The molecule has 2 heterocycles. The summed E-state index contributed by atoms with van der Waals surface area (Å²) in [5, 5.41) is 4.54. The van der Waals surface area contributed by atoms with E-state index in [1.165, 1.54) is 35.4 Å². The van der Waals surface area contributed by atoms with Crippen LogP contribution >= 0.6 is 11.6 Å². The third kappa shape index (κ3) is 4.58. The summed E-state index contributed by atoms with van der Waals surface area (Å²) in [4.78, 5) is 4.01. The summed E-state index contributed by atoms with van der Waals surface area (Å²) in [6.07, 6.45) is 7.35. The summed E-state index contributed by atoms with van der Waals surface area (Å²) in [5.41, 5.74) is 4.05. The minimum absolute atomic E-state index is 0.0900. The van der Waals surface area contributed by atoms with E-state index >= 15 is 0 Å². The molecule has 0 saturated heterocycles. The number of fused-ring (bicyclic) bond motifs is 1. The Kier molecular flexibility index (Phi) is 6.62.